The SMILES string of the molecule is O=C(COc1cccc(Cl)c1)NCC1(CCBr)CC1. The van der Waals surface area contributed by atoms with Crippen LogP contribution in [0.4, 0.5) is 0 Å². The lowest BCUT2D eigenvalue weighted by Crippen LogP contribution is -2.34. The highest BCUT2D eigenvalue weighted by Crippen LogP contribution is 2.48. The van der Waals surface area contributed by atoms with Gasteiger partial charge >= 0.3 is 0 Å². The van der Waals surface area contributed by atoms with E-state index in [1.807, 2.05) is 0 Å². The molecule has 0 spiro atoms. The number of halogens is 2. The first-order valence-corrected chi connectivity index (χ1v) is 7.85. The van der Waals surface area contributed by atoms with Gasteiger partial charge in [0.25, 0.3) is 5.91 Å². The van der Waals surface area contributed by atoms with Gasteiger partial charge in [-0.2, -0.15) is 0 Å². The summed E-state index contributed by atoms with van der Waals surface area (Å²) in [6.07, 6.45) is 3.52. The van der Waals surface area contributed by atoms with Crippen LogP contribution in [-0.4, -0.2) is 24.4 Å². The van der Waals surface area contributed by atoms with Gasteiger partial charge in [-0.1, -0.05) is 33.6 Å². The monoisotopic (exact) mass is 345 g/mol. The molecule has 1 fully saturated rings. The van der Waals surface area contributed by atoms with Crippen LogP contribution in [0.15, 0.2) is 24.3 Å². The maximum atomic E-state index is 11.7. The highest BCUT2D eigenvalue weighted by Gasteiger charge is 2.41. The van der Waals surface area contributed by atoms with E-state index in [9.17, 15) is 4.79 Å². The lowest BCUT2D eigenvalue weighted by atomic mass is 10.0. The third-order valence-electron chi connectivity index (χ3n) is 3.41. The Kier molecular flexibility index (Phi) is 5.11. The molecule has 104 valence electrons. The smallest absolute Gasteiger partial charge is 0.257 e. The summed E-state index contributed by atoms with van der Waals surface area (Å²) in [4.78, 5) is 11.7. The summed E-state index contributed by atoms with van der Waals surface area (Å²) in [6, 6.07) is 7.05. The van der Waals surface area contributed by atoms with Crippen LogP contribution in [0, 0.1) is 5.41 Å². The fourth-order valence-electron chi connectivity index (χ4n) is 1.94. The maximum Gasteiger partial charge on any atom is 0.257 e. The number of rotatable bonds is 7. The number of benzene rings is 1. The molecule has 0 unspecified atom stereocenters. The quantitative estimate of drug-likeness (QED) is 0.769. The molecule has 0 bridgehead atoms. The van der Waals surface area contributed by atoms with Crippen molar-refractivity contribution in [1.29, 1.82) is 0 Å². The number of carbonyl (C=O) groups is 1. The minimum atomic E-state index is -0.0826. The molecule has 0 heterocycles. The number of nitrogens with one attached hydrogen (secondary N) is 1. The third-order valence-corrected chi connectivity index (χ3v) is 4.04. The summed E-state index contributed by atoms with van der Waals surface area (Å²) in [5.41, 5.74) is 0.329. The molecule has 1 saturated carbocycles. The minimum absolute atomic E-state index is 0.0325. The molecule has 1 aromatic rings. The average molecular weight is 347 g/mol. The summed E-state index contributed by atoms with van der Waals surface area (Å²) >= 11 is 9.29. The topological polar surface area (TPSA) is 38.3 Å². The van der Waals surface area contributed by atoms with E-state index in [4.69, 9.17) is 16.3 Å². The molecule has 0 radical (unpaired) electrons. The Morgan fingerprint density at radius 3 is 2.89 bits per heavy atom. The van der Waals surface area contributed by atoms with E-state index in [-0.39, 0.29) is 12.5 Å². The second kappa shape index (κ2) is 6.62. The van der Waals surface area contributed by atoms with Gasteiger partial charge in [0.2, 0.25) is 0 Å². The second-order valence-electron chi connectivity index (χ2n) is 4.96. The van der Waals surface area contributed by atoms with Crippen LogP contribution in [0.1, 0.15) is 19.3 Å². The number of alkyl halides is 1. The summed E-state index contributed by atoms with van der Waals surface area (Å²) in [5, 5.41) is 4.53. The normalized spacial score (nSPS) is 15.9. The number of carbonyl (C=O) groups excluding carboxylic acids is 1. The van der Waals surface area contributed by atoms with Crippen LogP contribution in [-0.2, 0) is 4.79 Å². The van der Waals surface area contributed by atoms with Crippen molar-refractivity contribution in [2.75, 3.05) is 18.5 Å². The van der Waals surface area contributed by atoms with Crippen LogP contribution < -0.4 is 10.1 Å². The van der Waals surface area contributed by atoms with Crippen LogP contribution in [0.25, 0.3) is 0 Å². The fourth-order valence-corrected chi connectivity index (χ4v) is 2.96. The number of ether oxygens (including phenoxy) is 1. The van der Waals surface area contributed by atoms with Gasteiger partial charge in [0.05, 0.1) is 0 Å². The zero-order valence-electron chi connectivity index (χ0n) is 10.6. The fraction of sp³-hybridized carbons (Fsp3) is 0.500. The van der Waals surface area contributed by atoms with Gasteiger partial charge in [-0.05, 0) is 42.9 Å². The van der Waals surface area contributed by atoms with Crippen molar-refractivity contribution in [1.82, 2.24) is 5.32 Å². The Balaban J connectivity index is 1.70. The van der Waals surface area contributed by atoms with Crippen LogP contribution in [0.2, 0.25) is 5.02 Å². The summed E-state index contributed by atoms with van der Waals surface area (Å²) in [6.45, 7) is 0.779. The first kappa shape index (κ1) is 14.7. The van der Waals surface area contributed by atoms with Gasteiger partial charge in [0, 0.05) is 16.9 Å². The standard InChI is InChI=1S/C14H17BrClNO2/c15-7-6-14(4-5-14)10-17-13(18)9-19-12-3-1-2-11(16)8-12/h1-3,8H,4-7,9-10H2,(H,17,18). The number of amides is 1. The number of hydrogen-bond acceptors (Lipinski definition) is 2. The van der Waals surface area contributed by atoms with Gasteiger partial charge in [-0.3, -0.25) is 4.79 Å². The van der Waals surface area contributed by atoms with Gasteiger partial charge in [0.15, 0.2) is 6.61 Å². The van der Waals surface area contributed by atoms with Crippen LogP contribution in [0.5, 0.6) is 5.75 Å². The minimum Gasteiger partial charge on any atom is -0.484 e. The van der Waals surface area contributed by atoms with E-state index in [0.29, 0.717) is 16.2 Å². The van der Waals surface area contributed by atoms with E-state index >= 15 is 0 Å². The molecule has 0 aromatic heterocycles. The Labute approximate surface area is 126 Å². The van der Waals surface area contributed by atoms with E-state index < -0.39 is 0 Å². The molecule has 1 aliphatic carbocycles. The Morgan fingerprint density at radius 1 is 1.47 bits per heavy atom. The molecule has 1 aromatic carbocycles. The molecular formula is C14H17BrClNO2. The van der Waals surface area contributed by atoms with Crippen molar-refractivity contribution in [2.24, 2.45) is 5.41 Å². The third kappa shape index (κ3) is 4.69. The lowest BCUT2D eigenvalue weighted by Gasteiger charge is -2.14. The summed E-state index contributed by atoms with van der Waals surface area (Å²) in [7, 11) is 0. The summed E-state index contributed by atoms with van der Waals surface area (Å²) in [5.74, 6) is 0.532. The van der Waals surface area contributed by atoms with Crippen molar-refractivity contribution in [2.45, 2.75) is 19.3 Å². The molecule has 3 nitrogen and oxygen atoms in total. The van der Waals surface area contributed by atoms with E-state index in [1.165, 1.54) is 12.8 Å². The van der Waals surface area contributed by atoms with E-state index in [2.05, 4.69) is 21.2 Å². The molecule has 1 aliphatic rings. The molecule has 0 saturated heterocycles. The largest absolute Gasteiger partial charge is 0.484 e. The molecule has 0 atom stereocenters. The lowest BCUT2D eigenvalue weighted by molar-refractivity contribution is -0.123. The van der Waals surface area contributed by atoms with Crippen LogP contribution in [0.3, 0.4) is 0 Å². The maximum absolute atomic E-state index is 11.7. The first-order chi connectivity index (χ1) is 9.13. The average Bonchev–Trinajstić information content (AvgIpc) is 3.15. The van der Waals surface area contributed by atoms with Crippen molar-refractivity contribution in [3.63, 3.8) is 0 Å². The van der Waals surface area contributed by atoms with E-state index in [1.54, 1.807) is 24.3 Å². The van der Waals surface area contributed by atoms with Gasteiger partial charge < -0.3 is 10.1 Å². The molecule has 2 rings (SSSR count). The van der Waals surface area contributed by atoms with Crippen molar-refractivity contribution < 1.29 is 9.53 Å². The van der Waals surface area contributed by atoms with E-state index in [0.717, 1.165) is 18.3 Å². The Morgan fingerprint density at radius 2 is 2.26 bits per heavy atom. The Bertz CT molecular complexity index is 449. The predicted molar refractivity (Wildman–Crippen MR) is 80.0 cm³/mol. The predicted octanol–water partition coefficient (Wildman–Crippen LogP) is 3.40. The molecule has 19 heavy (non-hydrogen) atoms. The highest BCUT2D eigenvalue weighted by molar-refractivity contribution is 9.09. The van der Waals surface area contributed by atoms with Crippen molar-refractivity contribution in [3.05, 3.63) is 29.3 Å². The molecule has 5 heteroatoms. The second-order valence-corrected chi connectivity index (χ2v) is 6.19. The van der Waals surface area contributed by atoms with Gasteiger partial charge in [-0.15, -0.1) is 0 Å². The molecule has 0 aliphatic heterocycles. The van der Waals surface area contributed by atoms with Crippen molar-refractivity contribution >= 4 is 33.4 Å². The molecular weight excluding hydrogens is 330 g/mol. The Hall–Kier alpha value is -0.740. The van der Waals surface area contributed by atoms with Gasteiger partial charge in [-0.25, -0.2) is 0 Å². The van der Waals surface area contributed by atoms with Crippen LogP contribution >= 0.6 is 27.5 Å². The zero-order chi connectivity index (χ0) is 13.7. The first-order valence-electron chi connectivity index (χ1n) is 6.35. The zero-order valence-corrected chi connectivity index (χ0v) is 13.0. The molecule has 1 N–H and O–H groups in total. The molecule has 1 amide bonds. The highest BCUT2D eigenvalue weighted by atomic mass is 79.9. The van der Waals surface area contributed by atoms with Crippen molar-refractivity contribution in [3.8, 4) is 5.75 Å². The van der Waals surface area contributed by atoms with Gasteiger partial charge in [0.1, 0.15) is 5.75 Å². The summed E-state index contributed by atoms with van der Waals surface area (Å²) < 4.78 is 5.39. The number of hydrogen-bond donors (Lipinski definition) is 1.